The lowest BCUT2D eigenvalue weighted by Gasteiger charge is -2.13. The van der Waals surface area contributed by atoms with Gasteiger partial charge in [0.05, 0.1) is 7.11 Å². The smallest absolute Gasteiger partial charge is 0.180 e. The van der Waals surface area contributed by atoms with Crippen molar-refractivity contribution in [1.29, 1.82) is 0 Å². The molecule has 2 heterocycles. The third-order valence-electron chi connectivity index (χ3n) is 3.46. The van der Waals surface area contributed by atoms with Crippen LogP contribution in [0.25, 0.3) is 22.4 Å². The Bertz CT molecular complexity index is 932. The lowest BCUT2D eigenvalue weighted by Crippen LogP contribution is -2.28. The first-order valence-electron chi connectivity index (χ1n) is 7.67. The van der Waals surface area contributed by atoms with Crippen molar-refractivity contribution >= 4 is 34.3 Å². The van der Waals surface area contributed by atoms with E-state index in [1.165, 1.54) is 7.11 Å². The number of phenols is 1. The minimum Gasteiger partial charge on any atom is -0.504 e. The van der Waals surface area contributed by atoms with E-state index >= 15 is 0 Å². The van der Waals surface area contributed by atoms with E-state index in [4.69, 9.17) is 17.0 Å². The molecule has 8 heteroatoms. The Kier molecular flexibility index (Phi) is 4.90. The normalized spacial score (nSPS) is 10.5. The molecule has 0 aliphatic rings. The van der Waals surface area contributed by atoms with Gasteiger partial charge in [-0.25, -0.2) is 15.0 Å². The molecule has 1 aromatic carbocycles. The number of anilines is 1. The molecule has 0 aliphatic carbocycles. The van der Waals surface area contributed by atoms with Gasteiger partial charge in [0, 0.05) is 18.3 Å². The SMILES string of the molecule is CCNC(=S)Nc1nc2ncccc2nc1-c1ccc(O)c(OC)c1. The van der Waals surface area contributed by atoms with Crippen LogP contribution in [0.15, 0.2) is 36.5 Å². The number of rotatable bonds is 4. The predicted octanol–water partition coefficient (Wildman–Crippen LogP) is 2.71. The third kappa shape index (κ3) is 3.58. The van der Waals surface area contributed by atoms with E-state index in [-0.39, 0.29) is 5.75 Å². The quantitative estimate of drug-likeness (QED) is 0.615. The molecule has 7 nitrogen and oxygen atoms in total. The van der Waals surface area contributed by atoms with Gasteiger partial charge in [-0.3, -0.25) is 0 Å². The maximum Gasteiger partial charge on any atom is 0.180 e. The Labute approximate surface area is 150 Å². The summed E-state index contributed by atoms with van der Waals surface area (Å²) in [6, 6.07) is 8.63. The first kappa shape index (κ1) is 16.8. The second-order valence-electron chi connectivity index (χ2n) is 5.14. The van der Waals surface area contributed by atoms with E-state index in [2.05, 4.69) is 25.6 Å². The fourth-order valence-corrected chi connectivity index (χ4v) is 2.56. The fraction of sp³-hybridized carbons (Fsp3) is 0.176. The van der Waals surface area contributed by atoms with Crippen LogP contribution in [-0.2, 0) is 0 Å². The molecule has 0 unspecified atom stereocenters. The topological polar surface area (TPSA) is 92.2 Å². The van der Waals surface area contributed by atoms with E-state index in [1.807, 2.05) is 13.0 Å². The molecule has 0 spiro atoms. The lowest BCUT2D eigenvalue weighted by atomic mass is 10.1. The zero-order valence-electron chi connectivity index (χ0n) is 13.8. The zero-order chi connectivity index (χ0) is 17.8. The molecule has 0 amide bonds. The van der Waals surface area contributed by atoms with Crippen LogP contribution in [0, 0.1) is 0 Å². The number of ether oxygens (including phenoxy) is 1. The van der Waals surface area contributed by atoms with Crippen LogP contribution in [-0.4, -0.2) is 38.8 Å². The number of hydrogen-bond acceptors (Lipinski definition) is 6. The van der Waals surface area contributed by atoms with Crippen molar-refractivity contribution in [3.8, 4) is 22.8 Å². The van der Waals surface area contributed by atoms with Gasteiger partial charge < -0.3 is 20.5 Å². The molecule has 3 N–H and O–H groups in total. The van der Waals surface area contributed by atoms with Gasteiger partial charge in [-0.2, -0.15) is 0 Å². The van der Waals surface area contributed by atoms with E-state index < -0.39 is 0 Å². The van der Waals surface area contributed by atoms with E-state index in [0.717, 1.165) is 5.56 Å². The number of pyridine rings is 1. The molecule has 3 aromatic rings. The molecule has 25 heavy (non-hydrogen) atoms. The van der Waals surface area contributed by atoms with Crippen molar-refractivity contribution in [2.24, 2.45) is 0 Å². The van der Waals surface area contributed by atoms with Crippen molar-refractivity contribution in [1.82, 2.24) is 20.3 Å². The largest absolute Gasteiger partial charge is 0.504 e. The summed E-state index contributed by atoms with van der Waals surface area (Å²) in [6.07, 6.45) is 1.66. The summed E-state index contributed by atoms with van der Waals surface area (Å²) in [7, 11) is 1.49. The first-order chi connectivity index (χ1) is 12.1. The van der Waals surface area contributed by atoms with Crippen molar-refractivity contribution < 1.29 is 9.84 Å². The number of aromatic hydroxyl groups is 1. The maximum absolute atomic E-state index is 9.82. The first-order valence-corrected chi connectivity index (χ1v) is 8.08. The van der Waals surface area contributed by atoms with E-state index in [1.54, 1.807) is 30.5 Å². The fourth-order valence-electron chi connectivity index (χ4n) is 2.32. The Morgan fingerprint density at radius 2 is 2.12 bits per heavy atom. The maximum atomic E-state index is 9.82. The summed E-state index contributed by atoms with van der Waals surface area (Å²) in [5.74, 6) is 0.884. The van der Waals surface area contributed by atoms with Crippen LogP contribution in [0.3, 0.4) is 0 Å². The molecule has 128 valence electrons. The zero-order valence-corrected chi connectivity index (χ0v) is 14.6. The summed E-state index contributed by atoms with van der Waals surface area (Å²) >= 11 is 5.26. The Balaban J connectivity index is 2.15. The van der Waals surface area contributed by atoms with Crippen LogP contribution in [0.4, 0.5) is 5.82 Å². The van der Waals surface area contributed by atoms with Crippen molar-refractivity contribution in [3.05, 3.63) is 36.5 Å². The molecule has 0 aliphatic heterocycles. The van der Waals surface area contributed by atoms with Gasteiger partial charge in [-0.05, 0) is 49.5 Å². The van der Waals surface area contributed by atoms with Gasteiger partial charge in [0.15, 0.2) is 28.1 Å². The van der Waals surface area contributed by atoms with Gasteiger partial charge in [0.25, 0.3) is 0 Å². The number of hydrogen-bond donors (Lipinski definition) is 3. The molecule has 2 aromatic heterocycles. The summed E-state index contributed by atoms with van der Waals surface area (Å²) in [6.45, 7) is 2.64. The van der Waals surface area contributed by atoms with Crippen LogP contribution in [0.2, 0.25) is 0 Å². The number of nitrogens with one attached hydrogen (secondary N) is 2. The average Bonchev–Trinajstić information content (AvgIpc) is 2.62. The highest BCUT2D eigenvalue weighted by Gasteiger charge is 2.15. The molecular weight excluding hydrogens is 338 g/mol. The van der Waals surface area contributed by atoms with Gasteiger partial charge in [-0.1, -0.05) is 0 Å². The highest BCUT2D eigenvalue weighted by atomic mass is 32.1. The molecular formula is C17H17N5O2S. The molecule has 0 saturated carbocycles. The standard InChI is InChI=1S/C17H17N5O2S/c1-3-18-17(25)22-16-14(10-6-7-12(23)13(9-10)24-2)20-11-5-4-8-19-15(11)21-16/h4-9,23H,3H2,1-2H3,(H2,18,19,21,22,25). The summed E-state index contributed by atoms with van der Waals surface area (Å²) in [4.78, 5) is 13.4. The van der Waals surface area contributed by atoms with E-state index in [9.17, 15) is 5.11 Å². The van der Waals surface area contributed by atoms with Crippen molar-refractivity contribution in [2.45, 2.75) is 6.92 Å². The number of phenolic OH excluding ortho intramolecular Hbond substituents is 1. The van der Waals surface area contributed by atoms with E-state index in [0.29, 0.717) is 40.1 Å². The number of methoxy groups -OCH3 is 1. The van der Waals surface area contributed by atoms with Gasteiger partial charge >= 0.3 is 0 Å². The summed E-state index contributed by atoms with van der Waals surface area (Å²) < 4.78 is 5.19. The number of fused-ring (bicyclic) bond motifs is 1. The van der Waals surface area contributed by atoms with Gasteiger partial charge in [0.2, 0.25) is 0 Å². The minimum atomic E-state index is 0.0549. The second-order valence-corrected chi connectivity index (χ2v) is 5.55. The average molecular weight is 355 g/mol. The van der Waals surface area contributed by atoms with Crippen molar-refractivity contribution in [3.63, 3.8) is 0 Å². The second kappa shape index (κ2) is 7.27. The van der Waals surface area contributed by atoms with Crippen LogP contribution in [0.5, 0.6) is 11.5 Å². The van der Waals surface area contributed by atoms with Crippen LogP contribution >= 0.6 is 12.2 Å². The molecule has 0 atom stereocenters. The number of nitrogens with zero attached hydrogens (tertiary/aromatic N) is 3. The van der Waals surface area contributed by atoms with Crippen LogP contribution in [0.1, 0.15) is 6.92 Å². The summed E-state index contributed by atoms with van der Waals surface area (Å²) in [5.41, 5.74) is 2.48. The number of benzene rings is 1. The highest BCUT2D eigenvalue weighted by molar-refractivity contribution is 7.80. The van der Waals surface area contributed by atoms with Crippen molar-refractivity contribution in [2.75, 3.05) is 19.0 Å². The molecule has 0 bridgehead atoms. The number of aromatic nitrogens is 3. The highest BCUT2D eigenvalue weighted by Crippen LogP contribution is 2.33. The Morgan fingerprint density at radius 3 is 2.88 bits per heavy atom. The molecule has 0 radical (unpaired) electrons. The van der Waals surface area contributed by atoms with Gasteiger partial charge in [0.1, 0.15) is 11.2 Å². The molecule has 3 rings (SSSR count). The third-order valence-corrected chi connectivity index (χ3v) is 3.71. The minimum absolute atomic E-state index is 0.0549. The monoisotopic (exact) mass is 355 g/mol. The van der Waals surface area contributed by atoms with Crippen LogP contribution < -0.4 is 15.4 Å². The Morgan fingerprint density at radius 1 is 1.28 bits per heavy atom. The predicted molar refractivity (Wildman–Crippen MR) is 101 cm³/mol. The Hall–Kier alpha value is -3.00. The lowest BCUT2D eigenvalue weighted by molar-refractivity contribution is 0.373. The molecule has 0 fully saturated rings. The summed E-state index contributed by atoms with van der Waals surface area (Å²) in [5, 5.41) is 16.3. The molecule has 0 saturated heterocycles. The number of thiocarbonyl (C=S) groups is 1. The van der Waals surface area contributed by atoms with Gasteiger partial charge in [-0.15, -0.1) is 0 Å².